The number of halogens is 2. The highest BCUT2D eigenvalue weighted by Gasteiger charge is 2.37. The summed E-state index contributed by atoms with van der Waals surface area (Å²) in [6.07, 6.45) is 0.685. The highest BCUT2D eigenvalue weighted by atomic mass is 35.5. The molecule has 7 heteroatoms. The van der Waals surface area contributed by atoms with Crippen molar-refractivity contribution >= 4 is 29.0 Å². The van der Waals surface area contributed by atoms with Gasteiger partial charge in [0, 0.05) is 16.5 Å². The van der Waals surface area contributed by atoms with Gasteiger partial charge in [-0.2, -0.15) is 5.10 Å². The van der Waals surface area contributed by atoms with E-state index in [-0.39, 0.29) is 24.2 Å². The van der Waals surface area contributed by atoms with Crippen LogP contribution >= 0.6 is 11.6 Å². The predicted octanol–water partition coefficient (Wildman–Crippen LogP) is 7.76. The van der Waals surface area contributed by atoms with E-state index < -0.39 is 5.97 Å². The second-order valence-corrected chi connectivity index (χ2v) is 10.6. The number of hydrogen-bond acceptors (Lipinski definition) is 4. The van der Waals surface area contributed by atoms with Crippen LogP contribution in [0.2, 0.25) is 5.02 Å². The molecule has 4 aromatic rings. The van der Waals surface area contributed by atoms with E-state index in [0.717, 1.165) is 39.2 Å². The van der Waals surface area contributed by atoms with Crippen molar-refractivity contribution in [2.24, 2.45) is 11.0 Å². The molecular weight excluding hydrogens is 527 g/mol. The molecule has 5 rings (SSSR count). The van der Waals surface area contributed by atoms with Gasteiger partial charge in [0.25, 0.3) is 0 Å². The highest BCUT2D eigenvalue weighted by Crippen LogP contribution is 2.34. The molecule has 4 aromatic carbocycles. The summed E-state index contributed by atoms with van der Waals surface area (Å²) in [5, 5.41) is 16.9. The first-order chi connectivity index (χ1) is 19.2. The number of methoxy groups -OCH3 is 1. The van der Waals surface area contributed by atoms with Gasteiger partial charge in [-0.1, -0.05) is 61.0 Å². The van der Waals surface area contributed by atoms with E-state index in [4.69, 9.17) is 21.4 Å². The molecule has 204 valence electrons. The number of carbonyl (C=O) groups is 1. The normalized spacial score (nSPS) is 16.6. The molecule has 0 spiro atoms. The number of carboxylic acid groups (broad SMARTS) is 1. The van der Waals surface area contributed by atoms with E-state index in [0.29, 0.717) is 22.8 Å². The van der Waals surface area contributed by atoms with Crippen molar-refractivity contribution < 1.29 is 19.0 Å². The maximum absolute atomic E-state index is 14.5. The van der Waals surface area contributed by atoms with Crippen LogP contribution in [0.4, 0.5) is 10.1 Å². The zero-order valence-electron chi connectivity index (χ0n) is 22.6. The Kier molecular flexibility index (Phi) is 7.90. The van der Waals surface area contributed by atoms with Gasteiger partial charge in [-0.25, -0.2) is 4.39 Å². The first-order valence-electron chi connectivity index (χ1n) is 13.1. The predicted molar refractivity (Wildman–Crippen MR) is 158 cm³/mol. The summed E-state index contributed by atoms with van der Waals surface area (Å²) in [5.41, 5.74) is 7.23. The summed E-state index contributed by atoms with van der Waals surface area (Å²) in [5.74, 6) is -0.616. The van der Waals surface area contributed by atoms with Crippen molar-refractivity contribution in [2.75, 3.05) is 12.1 Å². The Balaban J connectivity index is 1.37. The standard InChI is InChI=1S/C33H30ClFN2O3/c1-20-16-25(29-18-28(40-3)14-15-30(29)35)7-6-24(20)17-22-4-12-27(13-5-22)37-31(19-32(38)39)21(2)33(36-37)23-8-10-26(34)11-9-23/h4-16,18,21,31H,17,19H2,1-3H3,(H,38,39)/t21-,31-/m0/s1. The SMILES string of the molecule is COc1ccc(F)c(-c2ccc(Cc3ccc(N4N=C(c5ccc(Cl)cc5)[C@@H](C)[C@@H]4CC(=O)O)cc3)c(C)c2)c1. The molecule has 0 aliphatic carbocycles. The second kappa shape index (κ2) is 11.5. The molecule has 0 saturated carbocycles. The molecule has 5 nitrogen and oxygen atoms in total. The third kappa shape index (κ3) is 5.73. The van der Waals surface area contributed by atoms with E-state index in [1.54, 1.807) is 19.2 Å². The lowest BCUT2D eigenvalue weighted by Crippen LogP contribution is -2.34. The number of ether oxygens (including phenoxy) is 1. The van der Waals surface area contributed by atoms with E-state index in [2.05, 4.69) is 0 Å². The molecule has 1 heterocycles. The minimum atomic E-state index is -0.862. The van der Waals surface area contributed by atoms with Gasteiger partial charge in [0.05, 0.1) is 31.0 Å². The fourth-order valence-corrected chi connectivity index (χ4v) is 5.33. The number of hydrogen-bond donors (Lipinski definition) is 1. The third-order valence-electron chi connectivity index (χ3n) is 7.48. The van der Waals surface area contributed by atoms with Gasteiger partial charge in [0.2, 0.25) is 0 Å². The van der Waals surface area contributed by atoms with E-state index >= 15 is 0 Å². The number of rotatable bonds is 8. The summed E-state index contributed by atoms with van der Waals surface area (Å²) >= 11 is 6.06. The van der Waals surface area contributed by atoms with Gasteiger partial charge in [-0.15, -0.1) is 0 Å². The van der Waals surface area contributed by atoms with Crippen LogP contribution in [0.3, 0.4) is 0 Å². The number of carboxylic acids is 1. The summed E-state index contributed by atoms with van der Waals surface area (Å²) in [4.78, 5) is 11.7. The Morgan fingerprint density at radius 2 is 1.70 bits per heavy atom. The molecule has 0 bridgehead atoms. The molecule has 0 aromatic heterocycles. The van der Waals surface area contributed by atoms with E-state index in [1.807, 2.05) is 85.6 Å². The average molecular weight is 557 g/mol. The number of aliphatic carboxylic acids is 1. The van der Waals surface area contributed by atoms with E-state index in [9.17, 15) is 14.3 Å². The number of anilines is 1. The molecule has 1 aliphatic heterocycles. The zero-order chi connectivity index (χ0) is 28.4. The summed E-state index contributed by atoms with van der Waals surface area (Å²) < 4.78 is 19.8. The van der Waals surface area contributed by atoms with Gasteiger partial charge in [0.15, 0.2) is 0 Å². The maximum Gasteiger partial charge on any atom is 0.305 e. The van der Waals surface area contributed by atoms with Crippen LogP contribution in [0.15, 0.2) is 90.0 Å². The minimum absolute atomic E-state index is 0.0249. The molecule has 0 unspecified atom stereocenters. The second-order valence-electron chi connectivity index (χ2n) is 10.1. The first kappa shape index (κ1) is 27.4. The smallest absolute Gasteiger partial charge is 0.305 e. The number of benzene rings is 4. The Morgan fingerprint density at radius 3 is 2.35 bits per heavy atom. The van der Waals surface area contributed by atoms with Crippen molar-refractivity contribution in [2.45, 2.75) is 32.7 Å². The van der Waals surface area contributed by atoms with Gasteiger partial charge in [0.1, 0.15) is 11.6 Å². The molecule has 0 radical (unpaired) electrons. The van der Waals surface area contributed by atoms with E-state index in [1.165, 1.54) is 6.07 Å². The largest absolute Gasteiger partial charge is 0.497 e. The van der Waals surface area contributed by atoms with Gasteiger partial charge in [-0.3, -0.25) is 9.80 Å². The van der Waals surface area contributed by atoms with Crippen molar-refractivity contribution in [3.05, 3.63) is 118 Å². The lowest BCUT2D eigenvalue weighted by Gasteiger charge is -2.25. The monoisotopic (exact) mass is 556 g/mol. The minimum Gasteiger partial charge on any atom is -0.497 e. The van der Waals surface area contributed by atoms with Crippen LogP contribution in [0.5, 0.6) is 5.75 Å². The summed E-state index contributed by atoms with van der Waals surface area (Å²) in [6.45, 7) is 4.04. The summed E-state index contributed by atoms with van der Waals surface area (Å²) in [6, 6.07) is 25.9. The first-order valence-corrected chi connectivity index (χ1v) is 13.5. The lowest BCUT2D eigenvalue weighted by atomic mass is 9.91. The Bertz CT molecular complexity index is 1570. The molecular formula is C33H30ClFN2O3. The number of aryl methyl sites for hydroxylation is 1. The molecule has 1 aliphatic rings. The van der Waals surface area contributed by atoms with Crippen LogP contribution < -0.4 is 9.75 Å². The molecule has 1 N–H and O–H groups in total. The van der Waals surface area contributed by atoms with Crippen LogP contribution in [-0.2, 0) is 11.2 Å². The van der Waals surface area contributed by atoms with Crippen molar-refractivity contribution in [1.82, 2.24) is 0 Å². The lowest BCUT2D eigenvalue weighted by molar-refractivity contribution is -0.137. The quantitative estimate of drug-likeness (QED) is 0.241. The van der Waals surface area contributed by atoms with Gasteiger partial charge >= 0.3 is 5.97 Å². The molecule has 0 saturated heterocycles. The number of nitrogens with zero attached hydrogens (tertiary/aromatic N) is 2. The number of hydrazone groups is 1. The highest BCUT2D eigenvalue weighted by molar-refractivity contribution is 6.30. The van der Waals surface area contributed by atoms with Gasteiger partial charge in [-0.05, 0) is 83.6 Å². The molecule has 40 heavy (non-hydrogen) atoms. The van der Waals surface area contributed by atoms with Crippen LogP contribution in [0.25, 0.3) is 11.1 Å². The third-order valence-corrected chi connectivity index (χ3v) is 7.74. The fraction of sp³-hybridized carbons (Fsp3) is 0.212. The topological polar surface area (TPSA) is 62.1 Å². The molecule has 2 atom stereocenters. The molecule has 0 amide bonds. The Hall–Kier alpha value is -4.16. The van der Waals surface area contributed by atoms with Gasteiger partial charge < -0.3 is 9.84 Å². The van der Waals surface area contributed by atoms with Crippen LogP contribution in [0, 0.1) is 18.7 Å². The van der Waals surface area contributed by atoms with Crippen LogP contribution in [0.1, 0.15) is 35.6 Å². The molecule has 0 fully saturated rings. The van der Waals surface area contributed by atoms with Crippen molar-refractivity contribution in [3.63, 3.8) is 0 Å². The summed E-state index contributed by atoms with van der Waals surface area (Å²) in [7, 11) is 1.57. The maximum atomic E-state index is 14.5. The fourth-order valence-electron chi connectivity index (χ4n) is 5.21. The van der Waals surface area contributed by atoms with Crippen LogP contribution in [-0.4, -0.2) is 29.9 Å². The Morgan fingerprint density at radius 1 is 1.00 bits per heavy atom. The van der Waals surface area contributed by atoms with Crippen molar-refractivity contribution in [1.29, 1.82) is 0 Å². The zero-order valence-corrected chi connectivity index (χ0v) is 23.3. The average Bonchev–Trinajstić information content (AvgIpc) is 3.26. The van der Waals surface area contributed by atoms with Crippen molar-refractivity contribution in [3.8, 4) is 16.9 Å². The Labute approximate surface area is 238 Å².